The predicted octanol–water partition coefficient (Wildman–Crippen LogP) is 1.00. The molecule has 1 aliphatic heterocycles. The molecule has 0 saturated carbocycles. The van der Waals surface area contributed by atoms with Crippen LogP contribution < -0.4 is 5.32 Å². The van der Waals surface area contributed by atoms with Gasteiger partial charge in [0, 0.05) is 19.6 Å². The molecule has 1 heterocycles. The molecule has 1 rings (SSSR count). The van der Waals surface area contributed by atoms with E-state index in [0.29, 0.717) is 25.6 Å². The fourth-order valence-corrected chi connectivity index (χ4v) is 1.86. The molecule has 92 valence electrons. The molecular weight excluding hydrogens is 208 g/mol. The number of carboxylic acids is 1. The summed E-state index contributed by atoms with van der Waals surface area (Å²) in [6.45, 7) is 7.39. The molecule has 5 heteroatoms. The molecule has 16 heavy (non-hydrogen) atoms. The van der Waals surface area contributed by atoms with Crippen molar-refractivity contribution in [2.75, 3.05) is 19.6 Å². The number of carboxylic acid groups (broad SMARTS) is 1. The van der Waals surface area contributed by atoms with Crippen LogP contribution in [0, 0.1) is 17.8 Å². The fourth-order valence-electron chi connectivity index (χ4n) is 1.86. The minimum atomic E-state index is -0.813. The van der Waals surface area contributed by atoms with Crippen molar-refractivity contribution < 1.29 is 14.7 Å². The Kier molecular flexibility index (Phi) is 4.15. The first-order valence-electron chi connectivity index (χ1n) is 5.67. The Morgan fingerprint density at radius 1 is 1.44 bits per heavy atom. The monoisotopic (exact) mass is 228 g/mol. The highest BCUT2D eigenvalue weighted by molar-refractivity contribution is 5.77. The predicted molar refractivity (Wildman–Crippen MR) is 60.1 cm³/mol. The van der Waals surface area contributed by atoms with E-state index in [1.807, 2.05) is 20.8 Å². The molecule has 1 saturated heterocycles. The number of aliphatic carboxylic acids is 1. The number of rotatable bonds is 3. The minimum absolute atomic E-state index is 0.0299. The van der Waals surface area contributed by atoms with Crippen LogP contribution in [0.1, 0.15) is 20.8 Å². The van der Waals surface area contributed by atoms with Crippen molar-refractivity contribution in [1.29, 1.82) is 0 Å². The summed E-state index contributed by atoms with van der Waals surface area (Å²) in [7, 11) is 0. The summed E-state index contributed by atoms with van der Waals surface area (Å²) < 4.78 is 0. The molecule has 1 fully saturated rings. The third-order valence-electron chi connectivity index (χ3n) is 2.88. The van der Waals surface area contributed by atoms with Crippen LogP contribution in [0.2, 0.25) is 0 Å². The van der Waals surface area contributed by atoms with E-state index in [0.717, 1.165) is 0 Å². The van der Waals surface area contributed by atoms with Gasteiger partial charge in [0.15, 0.2) is 0 Å². The first-order valence-corrected chi connectivity index (χ1v) is 5.67. The number of amides is 2. The summed E-state index contributed by atoms with van der Waals surface area (Å²) in [5, 5.41) is 11.7. The average Bonchev–Trinajstić information content (AvgIpc) is 2.56. The lowest BCUT2D eigenvalue weighted by Gasteiger charge is -2.17. The molecular formula is C11H20N2O3. The maximum atomic E-state index is 11.7. The second-order valence-corrected chi connectivity index (χ2v) is 4.91. The number of carbonyl (C=O) groups is 2. The number of hydrogen-bond donors (Lipinski definition) is 2. The van der Waals surface area contributed by atoms with Crippen molar-refractivity contribution in [2.24, 2.45) is 17.8 Å². The second kappa shape index (κ2) is 5.18. The smallest absolute Gasteiger partial charge is 0.317 e. The van der Waals surface area contributed by atoms with Crippen molar-refractivity contribution in [1.82, 2.24) is 10.2 Å². The van der Waals surface area contributed by atoms with Crippen molar-refractivity contribution in [3.8, 4) is 0 Å². The largest absolute Gasteiger partial charge is 0.481 e. The van der Waals surface area contributed by atoms with E-state index in [2.05, 4.69) is 5.32 Å². The molecule has 2 N–H and O–H groups in total. The lowest BCUT2D eigenvalue weighted by Crippen LogP contribution is -2.40. The van der Waals surface area contributed by atoms with Gasteiger partial charge in [0.1, 0.15) is 0 Å². The van der Waals surface area contributed by atoms with Crippen LogP contribution in [0.25, 0.3) is 0 Å². The summed E-state index contributed by atoms with van der Waals surface area (Å²) in [5.74, 6) is -0.807. The van der Waals surface area contributed by atoms with Gasteiger partial charge in [-0.05, 0) is 11.8 Å². The Morgan fingerprint density at radius 2 is 2.06 bits per heavy atom. The Bertz CT molecular complexity index is 278. The Morgan fingerprint density at radius 3 is 2.50 bits per heavy atom. The lowest BCUT2D eigenvalue weighted by atomic mass is 9.99. The molecule has 0 unspecified atom stereocenters. The highest BCUT2D eigenvalue weighted by Crippen LogP contribution is 2.22. The molecule has 0 aromatic carbocycles. The van der Waals surface area contributed by atoms with E-state index in [4.69, 9.17) is 5.11 Å². The van der Waals surface area contributed by atoms with Crippen molar-refractivity contribution in [2.45, 2.75) is 20.8 Å². The van der Waals surface area contributed by atoms with Crippen LogP contribution in [0.5, 0.6) is 0 Å². The summed E-state index contributed by atoms with van der Waals surface area (Å²) in [5.41, 5.74) is 0. The van der Waals surface area contributed by atoms with Crippen LogP contribution in [-0.2, 0) is 4.79 Å². The fraction of sp³-hybridized carbons (Fsp3) is 0.818. The first kappa shape index (κ1) is 12.8. The van der Waals surface area contributed by atoms with Gasteiger partial charge in [-0.2, -0.15) is 0 Å². The molecule has 5 nitrogen and oxygen atoms in total. The number of nitrogens with zero attached hydrogens (tertiary/aromatic N) is 1. The maximum Gasteiger partial charge on any atom is 0.317 e. The van der Waals surface area contributed by atoms with Gasteiger partial charge in [-0.25, -0.2) is 4.79 Å². The van der Waals surface area contributed by atoms with Crippen LogP contribution in [-0.4, -0.2) is 41.6 Å². The maximum absolute atomic E-state index is 11.7. The van der Waals surface area contributed by atoms with E-state index < -0.39 is 11.9 Å². The van der Waals surface area contributed by atoms with Crippen molar-refractivity contribution >= 4 is 12.0 Å². The molecule has 1 aliphatic rings. The minimum Gasteiger partial charge on any atom is -0.481 e. The zero-order valence-electron chi connectivity index (χ0n) is 10.1. The molecule has 0 bridgehead atoms. The third-order valence-corrected chi connectivity index (χ3v) is 2.88. The molecule has 0 radical (unpaired) electrons. The Balaban J connectivity index is 2.45. The van der Waals surface area contributed by atoms with E-state index in [1.54, 1.807) is 4.90 Å². The van der Waals surface area contributed by atoms with Crippen LogP contribution in [0.15, 0.2) is 0 Å². The molecule has 2 amide bonds. The van der Waals surface area contributed by atoms with Gasteiger partial charge < -0.3 is 15.3 Å². The summed E-state index contributed by atoms with van der Waals surface area (Å²) in [4.78, 5) is 24.2. The first-order chi connectivity index (χ1) is 7.41. The van der Waals surface area contributed by atoms with Gasteiger partial charge in [0.2, 0.25) is 0 Å². The lowest BCUT2D eigenvalue weighted by molar-refractivity contribution is -0.142. The summed E-state index contributed by atoms with van der Waals surface area (Å²) in [6.07, 6.45) is 0. The molecule has 0 aromatic rings. The highest BCUT2D eigenvalue weighted by Gasteiger charge is 2.36. The second-order valence-electron chi connectivity index (χ2n) is 4.91. The topological polar surface area (TPSA) is 69.6 Å². The molecule has 0 aromatic heterocycles. The highest BCUT2D eigenvalue weighted by atomic mass is 16.4. The van der Waals surface area contributed by atoms with Gasteiger partial charge in [-0.15, -0.1) is 0 Å². The Labute approximate surface area is 95.8 Å². The zero-order chi connectivity index (χ0) is 12.3. The standard InChI is InChI=1S/C11H20N2O3/c1-7(2)4-12-11(16)13-5-8(3)9(6-13)10(14)15/h7-9H,4-6H2,1-3H3,(H,12,16)(H,14,15)/t8-,9-/m1/s1. The zero-order valence-corrected chi connectivity index (χ0v) is 10.1. The van der Waals surface area contributed by atoms with E-state index >= 15 is 0 Å². The normalized spacial score (nSPS) is 24.9. The third kappa shape index (κ3) is 3.12. The van der Waals surface area contributed by atoms with Gasteiger partial charge in [0.25, 0.3) is 0 Å². The number of carbonyl (C=O) groups excluding carboxylic acids is 1. The van der Waals surface area contributed by atoms with Gasteiger partial charge in [-0.3, -0.25) is 4.79 Å². The number of likely N-dealkylation sites (tertiary alicyclic amines) is 1. The SMILES string of the molecule is CC(C)CNC(=O)N1C[C@@H](C)[C@H](C(=O)O)C1. The van der Waals surface area contributed by atoms with Gasteiger partial charge in [-0.1, -0.05) is 20.8 Å². The number of urea groups is 1. The van der Waals surface area contributed by atoms with Gasteiger partial charge in [0.05, 0.1) is 5.92 Å². The van der Waals surface area contributed by atoms with E-state index in [9.17, 15) is 9.59 Å². The van der Waals surface area contributed by atoms with E-state index in [1.165, 1.54) is 0 Å². The van der Waals surface area contributed by atoms with Crippen molar-refractivity contribution in [3.63, 3.8) is 0 Å². The van der Waals surface area contributed by atoms with Crippen LogP contribution in [0.3, 0.4) is 0 Å². The Hall–Kier alpha value is -1.26. The van der Waals surface area contributed by atoms with Crippen LogP contribution >= 0.6 is 0 Å². The number of nitrogens with one attached hydrogen (secondary N) is 1. The molecule has 0 aliphatic carbocycles. The van der Waals surface area contributed by atoms with Gasteiger partial charge >= 0.3 is 12.0 Å². The summed E-state index contributed by atoms with van der Waals surface area (Å²) in [6, 6.07) is -0.149. The molecule has 0 spiro atoms. The van der Waals surface area contributed by atoms with Crippen molar-refractivity contribution in [3.05, 3.63) is 0 Å². The number of hydrogen-bond acceptors (Lipinski definition) is 2. The average molecular weight is 228 g/mol. The summed E-state index contributed by atoms with van der Waals surface area (Å²) >= 11 is 0. The quantitative estimate of drug-likeness (QED) is 0.757. The van der Waals surface area contributed by atoms with Crippen LogP contribution in [0.4, 0.5) is 4.79 Å². The van der Waals surface area contributed by atoms with E-state index in [-0.39, 0.29) is 11.9 Å². The molecule has 2 atom stereocenters.